The fourth-order valence-electron chi connectivity index (χ4n) is 1.19. The molecule has 0 saturated heterocycles. The summed E-state index contributed by atoms with van der Waals surface area (Å²) in [4.78, 5) is 11.6. The molecule has 0 fully saturated rings. The van der Waals surface area contributed by atoms with Gasteiger partial charge in [-0.15, -0.1) is 0 Å². The molecule has 0 aliphatic carbocycles. The number of hydrogen-bond donors (Lipinski definition) is 1. The molecule has 0 aliphatic rings. The Labute approximate surface area is 104 Å². The highest BCUT2D eigenvalue weighted by Crippen LogP contribution is 2.09. The van der Waals surface area contributed by atoms with Crippen LogP contribution in [0.2, 0.25) is 0 Å². The topological polar surface area (TPSA) is 38.3 Å². The van der Waals surface area contributed by atoms with E-state index in [0.29, 0.717) is 5.92 Å². The summed E-state index contributed by atoms with van der Waals surface area (Å²) in [5.41, 5.74) is -0.405. The number of carbonyl (C=O) groups is 1. The van der Waals surface area contributed by atoms with E-state index in [4.69, 9.17) is 4.74 Å². The fourth-order valence-corrected chi connectivity index (χ4v) is 1.88. The van der Waals surface area contributed by atoms with Crippen molar-refractivity contribution in [3.05, 3.63) is 0 Å². The molecular weight excluding hydrogens is 222 g/mol. The summed E-state index contributed by atoms with van der Waals surface area (Å²) in [6.45, 7) is 10.5. The molecule has 0 rings (SSSR count). The smallest absolute Gasteiger partial charge is 0.323 e. The van der Waals surface area contributed by atoms with Crippen LogP contribution >= 0.6 is 11.8 Å². The van der Waals surface area contributed by atoms with E-state index in [1.807, 2.05) is 39.5 Å². The van der Waals surface area contributed by atoms with Gasteiger partial charge in [0.2, 0.25) is 0 Å². The van der Waals surface area contributed by atoms with Crippen molar-refractivity contribution in [2.24, 2.45) is 5.92 Å². The van der Waals surface area contributed by atoms with Gasteiger partial charge in [-0.3, -0.25) is 4.79 Å². The van der Waals surface area contributed by atoms with Crippen molar-refractivity contribution in [3.63, 3.8) is 0 Å². The zero-order valence-electron chi connectivity index (χ0n) is 11.3. The first-order chi connectivity index (χ1) is 7.26. The Balaban J connectivity index is 3.88. The lowest BCUT2D eigenvalue weighted by molar-refractivity contribution is -0.157. The number of thioether (sulfide) groups is 1. The minimum atomic E-state index is -0.405. The second-order valence-electron chi connectivity index (χ2n) is 5.22. The van der Waals surface area contributed by atoms with Crippen molar-refractivity contribution in [1.29, 1.82) is 0 Å². The van der Waals surface area contributed by atoms with Gasteiger partial charge in [0, 0.05) is 0 Å². The summed E-state index contributed by atoms with van der Waals surface area (Å²) in [6.07, 6.45) is 2.09. The number of rotatable bonds is 6. The van der Waals surface area contributed by atoms with Crippen molar-refractivity contribution in [1.82, 2.24) is 5.32 Å². The third-order valence-electron chi connectivity index (χ3n) is 1.98. The van der Waals surface area contributed by atoms with Crippen LogP contribution in [0.15, 0.2) is 0 Å². The van der Waals surface area contributed by atoms with Crippen LogP contribution in [0, 0.1) is 5.92 Å². The molecule has 4 heteroatoms. The van der Waals surface area contributed by atoms with E-state index in [1.165, 1.54) is 0 Å². The molecule has 3 nitrogen and oxygen atoms in total. The second-order valence-corrected chi connectivity index (χ2v) is 6.13. The molecule has 0 aromatic heterocycles. The summed E-state index contributed by atoms with van der Waals surface area (Å²) in [6, 6.07) is -0.233. The lowest BCUT2D eigenvalue weighted by Gasteiger charge is -2.23. The van der Waals surface area contributed by atoms with Gasteiger partial charge in [0.05, 0.1) is 0 Å². The van der Waals surface area contributed by atoms with E-state index in [1.54, 1.807) is 0 Å². The third kappa shape index (κ3) is 7.99. The normalized spacial score (nSPS) is 15.6. The maximum atomic E-state index is 11.6. The number of nitrogens with one attached hydrogen (secondary N) is 1. The molecular formula is C12H25NO2S. The highest BCUT2D eigenvalue weighted by Gasteiger charge is 2.21. The maximum absolute atomic E-state index is 11.6. The average Bonchev–Trinajstić information content (AvgIpc) is 2.11. The van der Waals surface area contributed by atoms with Gasteiger partial charge in [-0.05, 0) is 52.2 Å². The summed E-state index contributed by atoms with van der Waals surface area (Å²) < 4.78 is 5.29. The third-order valence-corrected chi connectivity index (χ3v) is 2.89. The molecule has 0 spiro atoms. The molecule has 0 aromatic rings. The predicted molar refractivity (Wildman–Crippen MR) is 70.9 cm³/mol. The summed E-state index contributed by atoms with van der Waals surface area (Å²) >= 11 is 1.82. The van der Waals surface area contributed by atoms with Gasteiger partial charge in [-0.2, -0.15) is 11.8 Å². The molecule has 0 saturated carbocycles. The molecule has 0 aliphatic heterocycles. The number of esters is 1. The van der Waals surface area contributed by atoms with Crippen molar-refractivity contribution >= 4 is 17.7 Å². The Kier molecular flexibility index (Phi) is 7.07. The van der Waals surface area contributed by atoms with Crippen LogP contribution in [0.25, 0.3) is 0 Å². The molecule has 0 heterocycles. The van der Waals surface area contributed by atoms with Gasteiger partial charge in [0.15, 0.2) is 0 Å². The van der Waals surface area contributed by atoms with Gasteiger partial charge >= 0.3 is 5.97 Å². The lowest BCUT2D eigenvalue weighted by atomic mass is 10.2. The summed E-state index contributed by atoms with van der Waals surface area (Å²) in [5.74, 6) is 1.50. The first-order valence-electron chi connectivity index (χ1n) is 5.71. The van der Waals surface area contributed by atoms with E-state index in [9.17, 15) is 4.79 Å². The SMILES string of the molecule is CSCC(C)CNC(C)C(=O)OC(C)(C)C. The van der Waals surface area contributed by atoms with Crippen LogP contribution in [-0.4, -0.2) is 36.2 Å². The summed E-state index contributed by atoms with van der Waals surface area (Å²) in [5, 5.41) is 3.20. The Morgan fingerprint density at radius 1 is 1.38 bits per heavy atom. The van der Waals surface area contributed by atoms with E-state index in [0.717, 1.165) is 12.3 Å². The molecule has 0 bridgehead atoms. The average molecular weight is 247 g/mol. The van der Waals surface area contributed by atoms with Crippen molar-refractivity contribution in [2.75, 3.05) is 18.6 Å². The van der Waals surface area contributed by atoms with E-state index < -0.39 is 5.60 Å². The van der Waals surface area contributed by atoms with Gasteiger partial charge < -0.3 is 10.1 Å². The standard InChI is InChI=1S/C12H25NO2S/c1-9(8-16-6)7-13-10(2)11(14)15-12(3,4)5/h9-10,13H,7-8H2,1-6H3. The van der Waals surface area contributed by atoms with Gasteiger partial charge in [-0.25, -0.2) is 0 Å². The van der Waals surface area contributed by atoms with Crippen LogP contribution in [-0.2, 0) is 9.53 Å². The maximum Gasteiger partial charge on any atom is 0.323 e. The molecule has 0 amide bonds. The van der Waals surface area contributed by atoms with E-state index in [-0.39, 0.29) is 12.0 Å². The van der Waals surface area contributed by atoms with Crippen LogP contribution in [0.1, 0.15) is 34.6 Å². The minimum Gasteiger partial charge on any atom is -0.459 e. The van der Waals surface area contributed by atoms with E-state index in [2.05, 4.69) is 18.5 Å². The molecule has 2 unspecified atom stereocenters. The molecule has 16 heavy (non-hydrogen) atoms. The lowest BCUT2D eigenvalue weighted by Crippen LogP contribution is -2.41. The Morgan fingerprint density at radius 3 is 2.38 bits per heavy atom. The first-order valence-corrected chi connectivity index (χ1v) is 7.11. The molecule has 2 atom stereocenters. The first kappa shape index (κ1) is 15.8. The van der Waals surface area contributed by atoms with Crippen LogP contribution in [0.5, 0.6) is 0 Å². The number of carbonyl (C=O) groups excluding carboxylic acids is 1. The van der Waals surface area contributed by atoms with Gasteiger partial charge in [0.1, 0.15) is 11.6 Å². The fraction of sp³-hybridized carbons (Fsp3) is 0.917. The van der Waals surface area contributed by atoms with Crippen LogP contribution in [0.4, 0.5) is 0 Å². The highest BCUT2D eigenvalue weighted by molar-refractivity contribution is 7.98. The monoisotopic (exact) mass is 247 g/mol. The predicted octanol–water partition coefficient (Wildman–Crippen LogP) is 2.31. The van der Waals surface area contributed by atoms with Crippen molar-refractivity contribution in [3.8, 4) is 0 Å². The molecule has 0 aromatic carbocycles. The summed E-state index contributed by atoms with van der Waals surface area (Å²) in [7, 11) is 0. The quantitative estimate of drug-likeness (QED) is 0.731. The van der Waals surface area contributed by atoms with Crippen molar-refractivity contribution < 1.29 is 9.53 Å². The van der Waals surface area contributed by atoms with Gasteiger partial charge in [-0.1, -0.05) is 6.92 Å². The van der Waals surface area contributed by atoms with Crippen LogP contribution < -0.4 is 5.32 Å². The highest BCUT2D eigenvalue weighted by atomic mass is 32.2. The molecule has 96 valence electrons. The van der Waals surface area contributed by atoms with E-state index >= 15 is 0 Å². The number of hydrogen-bond acceptors (Lipinski definition) is 4. The molecule has 0 radical (unpaired) electrons. The zero-order chi connectivity index (χ0) is 12.8. The Hall–Kier alpha value is -0.220. The van der Waals surface area contributed by atoms with Gasteiger partial charge in [0.25, 0.3) is 0 Å². The molecule has 1 N–H and O–H groups in total. The Morgan fingerprint density at radius 2 is 1.94 bits per heavy atom. The minimum absolute atomic E-state index is 0.177. The van der Waals surface area contributed by atoms with Crippen molar-refractivity contribution in [2.45, 2.75) is 46.3 Å². The second kappa shape index (κ2) is 7.17. The number of ether oxygens (including phenoxy) is 1. The Bertz CT molecular complexity index is 214. The largest absolute Gasteiger partial charge is 0.459 e. The van der Waals surface area contributed by atoms with Crippen LogP contribution in [0.3, 0.4) is 0 Å². The zero-order valence-corrected chi connectivity index (χ0v) is 12.1.